The van der Waals surface area contributed by atoms with Crippen molar-refractivity contribution in [2.45, 2.75) is 12.3 Å². The monoisotopic (exact) mass is 463 g/mol. The summed E-state index contributed by atoms with van der Waals surface area (Å²) in [5, 5.41) is 15.7. The van der Waals surface area contributed by atoms with Crippen LogP contribution in [-0.4, -0.2) is 41.2 Å². The lowest BCUT2D eigenvalue weighted by Crippen LogP contribution is -2.25. The minimum Gasteiger partial charge on any atom is -0.478 e. The molecule has 0 radical (unpaired) electrons. The molecule has 4 rings (SSSR count). The van der Waals surface area contributed by atoms with Crippen LogP contribution in [0.1, 0.15) is 22.7 Å². The first kappa shape index (κ1) is 22.2. The van der Waals surface area contributed by atoms with Crippen molar-refractivity contribution in [3.63, 3.8) is 0 Å². The largest absolute Gasteiger partial charge is 0.478 e. The van der Waals surface area contributed by atoms with Crippen molar-refractivity contribution < 1.29 is 24.2 Å². The molecule has 3 aromatic rings. The molecule has 0 spiro atoms. The van der Waals surface area contributed by atoms with Crippen molar-refractivity contribution in [3.05, 3.63) is 82.9 Å². The molecule has 0 saturated carbocycles. The summed E-state index contributed by atoms with van der Waals surface area (Å²) in [6, 6.07) is 16.2. The highest BCUT2D eigenvalue weighted by molar-refractivity contribution is 7.13. The number of carboxylic acids is 1. The zero-order valence-corrected chi connectivity index (χ0v) is 18.3. The normalized spacial score (nSPS) is 12.2. The van der Waals surface area contributed by atoms with Gasteiger partial charge in [-0.25, -0.2) is 14.6 Å². The highest BCUT2D eigenvalue weighted by Gasteiger charge is 2.29. The topological polar surface area (TPSA) is 118 Å². The summed E-state index contributed by atoms with van der Waals surface area (Å²) in [4.78, 5) is 38.9. The molecule has 33 heavy (non-hydrogen) atoms. The quantitative estimate of drug-likeness (QED) is 0.438. The molecule has 2 amide bonds. The third-order valence-electron chi connectivity index (χ3n) is 5.12. The highest BCUT2D eigenvalue weighted by Crippen LogP contribution is 2.44. The predicted molar refractivity (Wildman–Crippen MR) is 124 cm³/mol. The summed E-state index contributed by atoms with van der Waals surface area (Å²) >= 11 is 1.19. The molecule has 1 heterocycles. The van der Waals surface area contributed by atoms with Crippen LogP contribution in [0.15, 0.2) is 66.1 Å². The smallest absolute Gasteiger partial charge is 0.413 e. The number of rotatable bonds is 8. The average Bonchev–Trinajstić information content (AvgIpc) is 3.37. The van der Waals surface area contributed by atoms with E-state index in [1.807, 2.05) is 24.3 Å². The standard InChI is InChI=1S/C24H21N3O5S/c28-21(25-11-5-10-22(29)30)12-15-14-33-23(26-15)27-24(31)32-13-20-18-8-3-1-6-16(18)17-7-2-4-9-19(17)20/h1-10,14,20H,11-13H2,(H,25,28)(H,29,30)(H,26,27,31)/b10-5+. The van der Waals surface area contributed by atoms with Gasteiger partial charge in [-0.15, -0.1) is 11.3 Å². The van der Waals surface area contributed by atoms with E-state index >= 15 is 0 Å². The minimum atomic E-state index is -1.08. The molecule has 0 saturated heterocycles. The Morgan fingerprint density at radius 3 is 2.39 bits per heavy atom. The van der Waals surface area contributed by atoms with Gasteiger partial charge in [0.15, 0.2) is 5.13 Å². The fourth-order valence-electron chi connectivity index (χ4n) is 3.73. The number of aromatic nitrogens is 1. The Labute approximate surface area is 193 Å². The van der Waals surface area contributed by atoms with Gasteiger partial charge in [-0.1, -0.05) is 54.6 Å². The molecule has 0 bridgehead atoms. The fraction of sp³-hybridized carbons (Fsp3) is 0.167. The molecule has 168 valence electrons. The second kappa shape index (κ2) is 10.1. The fourth-order valence-corrected chi connectivity index (χ4v) is 4.42. The Kier molecular flexibility index (Phi) is 6.80. The first-order chi connectivity index (χ1) is 16.0. The van der Waals surface area contributed by atoms with Crippen molar-refractivity contribution in [2.24, 2.45) is 0 Å². The number of carbonyl (C=O) groups is 3. The maximum Gasteiger partial charge on any atom is 0.413 e. The Bertz CT molecular complexity index is 1170. The maximum atomic E-state index is 12.4. The van der Waals surface area contributed by atoms with Gasteiger partial charge in [0.25, 0.3) is 0 Å². The summed E-state index contributed by atoms with van der Waals surface area (Å²) in [7, 11) is 0. The minimum absolute atomic E-state index is 0.0176. The van der Waals surface area contributed by atoms with E-state index in [1.54, 1.807) is 5.38 Å². The number of hydrogen-bond donors (Lipinski definition) is 3. The number of anilines is 1. The molecule has 0 fully saturated rings. The molecule has 9 heteroatoms. The van der Waals surface area contributed by atoms with Crippen LogP contribution in [0.3, 0.4) is 0 Å². The number of carbonyl (C=O) groups excluding carboxylic acids is 2. The molecule has 1 aliphatic carbocycles. The van der Waals surface area contributed by atoms with Gasteiger partial charge in [-0.3, -0.25) is 10.1 Å². The number of fused-ring (bicyclic) bond motifs is 3. The summed E-state index contributed by atoms with van der Waals surface area (Å²) < 4.78 is 5.50. The highest BCUT2D eigenvalue weighted by atomic mass is 32.1. The molecule has 0 unspecified atom stereocenters. The number of nitrogens with one attached hydrogen (secondary N) is 2. The molecule has 1 aliphatic rings. The van der Waals surface area contributed by atoms with Crippen molar-refractivity contribution in [1.29, 1.82) is 0 Å². The van der Waals surface area contributed by atoms with E-state index in [4.69, 9.17) is 9.84 Å². The van der Waals surface area contributed by atoms with Gasteiger partial charge in [0.05, 0.1) is 12.1 Å². The number of hydrogen-bond acceptors (Lipinski definition) is 6. The number of aliphatic carboxylic acids is 1. The van der Waals surface area contributed by atoms with Gasteiger partial charge in [0.2, 0.25) is 5.91 Å². The van der Waals surface area contributed by atoms with E-state index in [2.05, 4.69) is 39.9 Å². The van der Waals surface area contributed by atoms with Crippen LogP contribution >= 0.6 is 11.3 Å². The van der Waals surface area contributed by atoms with E-state index in [-0.39, 0.29) is 31.4 Å². The molecule has 2 aromatic carbocycles. The summed E-state index contributed by atoms with van der Waals surface area (Å²) in [5.74, 6) is -1.41. The second-order valence-electron chi connectivity index (χ2n) is 7.32. The number of ether oxygens (including phenoxy) is 1. The van der Waals surface area contributed by atoms with Crippen molar-refractivity contribution in [1.82, 2.24) is 10.3 Å². The number of thiazole rings is 1. The van der Waals surface area contributed by atoms with E-state index < -0.39 is 12.1 Å². The molecule has 1 aromatic heterocycles. The third-order valence-corrected chi connectivity index (χ3v) is 5.93. The van der Waals surface area contributed by atoms with Crippen LogP contribution < -0.4 is 10.6 Å². The van der Waals surface area contributed by atoms with Crippen molar-refractivity contribution in [2.75, 3.05) is 18.5 Å². The van der Waals surface area contributed by atoms with E-state index in [1.165, 1.54) is 17.4 Å². The predicted octanol–water partition coefficient (Wildman–Crippen LogP) is 3.80. The third kappa shape index (κ3) is 5.45. The van der Waals surface area contributed by atoms with Gasteiger partial charge in [-0.05, 0) is 22.3 Å². The Morgan fingerprint density at radius 2 is 1.73 bits per heavy atom. The van der Waals surface area contributed by atoms with Crippen LogP contribution in [0.2, 0.25) is 0 Å². The maximum absolute atomic E-state index is 12.4. The van der Waals surface area contributed by atoms with Crippen molar-refractivity contribution >= 4 is 34.4 Å². The first-order valence-electron chi connectivity index (χ1n) is 10.2. The lowest BCUT2D eigenvalue weighted by molar-refractivity contribution is -0.131. The molecule has 0 aliphatic heterocycles. The van der Waals surface area contributed by atoms with Gasteiger partial charge >= 0.3 is 12.1 Å². The zero-order chi connectivity index (χ0) is 23.2. The summed E-state index contributed by atoms with van der Waals surface area (Å²) in [6.07, 6.45) is 1.70. The number of amides is 2. The van der Waals surface area contributed by atoms with Crippen LogP contribution in [-0.2, 0) is 20.7 Å². The Hall–Kier alpha value is -3.98. The lowest BCUT2D eigenvalue weighted by atomic mass is 9.98. The van der Waals surface area contributed by atoms with Crippen molar-refractivity contribution in [3.8, 4) is 11.1 Å². The number of carboxylic acid groups (broad SMARTS) is 1. The Balaban J connectivity index is 1.29. The number of nitrogens with zero attached hydrogens (tertiary/aromatic N) is 1. The van der Waals surface area contributed by atoms with E-state index in [0.29, 0.717) is 10.8 Å². The number of benzene rings is 2. The molecular formula is C24H21N3O5S. The van der Waals surface area contributed by atoms with E-state index in [9.17, 15) is 14.4 Å². The van der Waals surface area contributed by atoms with Crippen LogP contribution in [0, 0.1) is 0 Å². The van der Waals surface area contributed by atoms with Gasteiger partial charge in [0, 0.05) is 23.9 Å². The SMILES string of the molecule is O=C(O)/C=C/CNC(=O)Cc1csc(NC(=O)OCC2c3ccccc3-c3ccccc32)n1. The lowest BCUT2D eigenvalue weighted by Gasteiger charge is -2.14. The van der Waals surface area contributed by atoms with E-state index in [0.717, 1.165) is 28.3 Å². The molecule has 8 nitrogen and oxygen atoms in total. The van der Waals surface area contributed by atoms with Crippen LogP contribution in [0.5, 0.6) is 0 Å². The zero-order valence-electron chi connectivity index (χ0n) is 17.5. The first-order valence-corrected chi connectivity index (χ1v) is 11.1. The van der Waals surface area contributed by atoms with Crippen LogP contribution in [0.4, 0.5) is 9.93 Å². The van der Waals surface area contributed by atoms with Gasteiger partial charge in [0.1, 0.15) is 6.61 Å². The second-order valence-corrected chi connectivity index (χ2v) is 8.17. The summed E-state index contributed by atoms with van der Waals surface area (Å²) in [6.45, 7) is 0.310. The van der Waals surface area contributed by atoms with Crippen LogP contribution in [0.25, 0.3) is 11.1 Å². The molecule has 0 atom stereocenters. The Morgan fingerprint density at radius 1 is 1.06 bits per heavy atom. The van der Waals surface area contributed by atoms with Gasteiger partial charge in [-0.2, -0.15) is 0 Å². The molecule has 3 N–H and O–H groups in total. The summed E-state index contributed by atoms with van der Waals surface area (Å²) in [5.41, 5.74) is 5.07. The molecular weight excluding hydrogens is 442 g/mol. The van der Waals surface area contributed by atoms with Gasteiger partial charge < -0.3 is 15.2 Å². The average molecular weight is 464 g/mol.